The normalized spacial score (nSPS) is 17.4. The summed E-state index contributed by atoms with van der Waals surface area (Å²) < 4.78 is 0. The van der Waals surface area contributed by atoms with Gasteiger partial charge >= 0.3 is 0 Å². The molecule has 2 aliphatic rings. The molecular formula is C23H26N7OP. The van der Waals surface area contributed by atoms with Crippen LogP contribution in [0.15, 0.2) is 47.8 Å². The van der Waals surface area contributed by atoms with Crippen LogP contribution in [0, 0.1) is 0 Å². The molecule has 2 N–H and O–H groups in total. The molecule has 8 nitrogen and oxygen atoms in total. The number of H-pyrrole nitrogens is 2. The van der Waals surface area contributed by atoms with E-state index in [4.69, 9.17) is 4.98 Å². The van der Waals surface area contributed by atoms with E-state index < -0.39 is 0 Å². The first-order valence-electron chi connectivity index (χ1n) is 10.8. The van der Waals surface area contributed by atoms with E-state index >= 15 is 0 Å². The summed E-state index contributed by atoms with van der Waals surface area (Å²) in [6.45, 7) is 5.52. The van der Waals surface area contributed by atoms with Gasteiger partial charge in [0.15, 0.2) is 5.82 Å². The van der Waals surface area contributed by atoms with Crippen LogP contribution >= 0.6 is 9.24 Å². The van der Waals surface area contributed by atoms with Crippen molar-refractivity contribution in [1.29, 1.82) is 0 Å². The fourth-order valence-corrected chi connectivity index (χ4v) is 4.35. The minimum Gasteiger partial charge on any atom is -0.340 e. The topological polar surface area (TPSA) is 93.8 Å². The number of rotatable bonds is 4. The van der Waals surface area contributed by atoms with Gasteiger partial charge in [0.25, 0.3) is 0 Å². The largest absolute Gasteiger partial charge is 0.340 e. The molecule has 0 spiro atoms. The highest BCUT2D eigenvalue weighted by Gasteiger charge is 2.20. The Kier molecular flexibility index (Phi) is 5.72. The predicted octanol–water partition coefficient (Wildman–Crippen LogP) is 3.11. The summed E-state index contributed by atoms with van der Waals surface area (Å²) >= 11 is 0. The second kappa shape index (κ2) is 8.81. The van der Waals surface area contributed by atoms with Crippen LogP contribution < -0.4 is 0 Å². The maximum atomic E-state index is 11.5. The molecule has 0 radical (unpaired) electrons. The number of fused-ring (bicyclic) bond motifs is 1. The third kappa shape index (κ3) is 4.29. The van der Waals surface area contributed by atoms with Crippen LogP contribution in [0.25, 0.3) is 27.9 Å². The first-order chi connectivity index (χ1) is 15.6. The third-order valence-corrected chi connectivity index (χ3v) is 6.39. The number of carbonyl (C=O) groups is 1. The quantitative estimate of drug-likeness (QED) is 0.600. The Morgan fingerprint density at radius 3 is 2.75 bits per heavy atom. The summed E-state index contributed by atoms with van der Waals surface area (Å²) in [5, 5.41) is 17.5. The number of hydrogen-bond acceptors (Lipinski definition) is 5. The van der Waals surface area contributed by atoms with Crippen molar-refractivity contribution >= 4 is 31.6 Å². The number of nitrogens with zero attached hydrogens (tertiary/aromatic N) is 5. The average Bonchev–Trinajstić information content (AvgIpc) is 3.37. The maximum absolute atomic E-state index is 11.5. The molecule has 1 amide bonds. The van der Waals surface area contributed by atoms with E-state index in [0.29, 0.717) is 12.4 Å². The number of hydrogen-bond donors (Lipinski definition) is 2. The van der Waals surface area contributed by atoms with Gasteiger partial charge in [0.2, 0.25) is 5.91 Å². The van der Waals surface area contributed by atoms with Crippen molar-refractivity contribution in [3.8, 4) is 11.4 Å². The van der Waals surface area contributed by atoms with E-state index in [1.54, 1.807) is 6.92 Å². The SMILES string of the molecule is CC(=O)N1CCN(Cc2nc(-c3ccc4[nH]nc(C5=CCC=C(P)C=C5)c4c3)n[nH]2)CC1. The van der Waals surface area contributed by atoms with Crippen LogP contribution in [0.5, 0.6) is 0 Å². The molecule has 5 rings (SSSR count). The molecule has 3 heterocycles. The number of benzene rings is 1. The Balaban J connectivity index is 1.35. The van der Waals surface area contributed by atoms with Crippen molar-refractivity contribution in [3.63, 3.8) is 0 Å². The van der Waals surface area contributed by atoms with Gasteiger partial charge in [-0.1, -0.05) is 24.3 Å². The second-order valence-electron chi connectivity index (χ2n) is 8.15. The maximum Gasteiger partial charge on any atom is 0.219 e. The van der Waals surface area contributed by atoms with E-state index in [0.717, 1.165) is 66.2 Å². The molecular weight excluding hydrogens is 421 g/mol. The first kappa shape index (κ1) is 20.8. The molecule has 2 aromatic heterocycles. The Morgan fingerprint density at radius 1 is 1.09 bits per heavy atom. The summed E-state index contributed by atoms with van der Waals surface area (Å²) in [5.74, 6) is 1.65. The number of nitrogens with one attached hydrogen (secondary N) is 2. The van der Waals surface area contributed by atoms with E-state index in [2.05, 4.69) is 64.9 Å². The summed E-state index contributed by atoms with van der Waals surface area (Å²) in [4.78, 5) is 20.4. The van der Waals surface area contributed by atoms with Gasteiger partial charge in [0.1, 0.15) is 5.82 Å². The highest BCUT2D eigenvalue weighted by Crippen LogP contribution is 2.29. The molecule has 1 aliphatic carbocycles. The number of amides is 1. The average molecular weight is 447 g/mol. The zero-order chi connectivity index (χ0) is 22.1. The van der Waals surface area contributed by atoms with Gasteiger partial charge in [0.05, 0.1) is 17.8 Å². The third-order valence-electron chi connectivity index (χ3n) is 5.96. The molecule has 1 saturated heterocycles. The molecule has 1 aliphatic heterocycles. The van der Waals surface area contributed by atoms with Gasteiger partial charge in [-0.3, -0.25) is 19.9 Å². The van der Waals surface area contributed by atoms with Crippen LogP contribution in [0.2, 0.25) is 0 Å². The highest BCUT2D eigenvalue weighted by molar-refractivity contribution is 7.22. The predicted molar refractivity (Wildman–Crippen MR) is 129 cm³/mol. The smallest absolute Gasteiger partial charge is 0.219 e. The fourth-order valence-electron chi connectivity index (χ4n) is 4.12. The zero-order valence-corrected chi connectivity index (χ0v) is 19.2. The molecule has 164 valence electrons. The van der Waals surface area contributed by atoms with Gasteiger partial charge in [-0.25, -0.2) is 4.98 Å². The minimum atomic E-state index is 0.140. The lowest BCUT2D eigenvalue weighted by atomic mass is 10.0. The van der Waals surface area contributed by atoms with Gasteiger partial charge in [-0.05, 0) is 35.5 Å². The standard InChI is InChI=1S/C23H26N7OP/c1-15(31)30-11-9-29(10-12-30)14-21-24-23(28-26-21)17-6-8-20-19(13-17)22(27-25-20)16-3-2-4-18(32)7-5-16/h3-8,13H,2,9-12,14,32H2,1H3,(H,25,27)(H,24,26,28). The van der Waals surface area contributed by atoms with Crippen molar-refractivity contribution in [2.75, 3.05) is 26.2 Å². The number of allylic oxidation sites excluding steroid dienone is 6. The lowest BCUT2D eigenvalue weighted by Crippen LogP contribution is -2.47. The summed E-state index contributed by atoms with van der Waals surface area (Å²) in [6.07, 6.45) is 9.42. The van der Waals surface area contributed by atoms with Crippen molar-refractivity contribution in [2.24, 2.45) is 0 Å². The molecule has 32 heavy (non-hydrogen) atoms. The van der Waals surface area contributed by atoms with Crippen LogP contribution in [-0.2, 0) is 11.3 Å². The van der Waals surface area contributed by atoms with Gasteiger partial charge < -0.3 is 4.90 Å². The zero-order valence-electron chi connectivity index (χ0n) is 18.0. The van der Waals surface area contributed by atoms with Crippen LogP contribution in [0.3, 0.4) is 0 Å². The molecule has 1 atom stereocenters. The summed E-state index contributed by atoms with van der Waals surface area (Å²) in [5.41, 5.74) is 3.97. The first-order valence-corrected chi connectivity index (χ1v) is 11.4. The molecule has 1 aromatic carbocycles. The Labute approximate surface area is 188 Å². The molecule has 0 bridgehead atoms. The van der Waals surface area contributed by atoms with E-state index in [-0.39, 0.29) is 5.91 Å². The van der Waals surface area contributed by atoms with Crippen LogP contribution in [-0.4, -0.2) is 67.3 Å². The molecule has 9 heteroatoms. The fraction of sp³-hybridized carbons (Fsp3) is 0.304. The molecule has 0 saturated carbocycles. The second-order valence-corrected chi connectivity index (χ2v) is 8.82. The van der Waals surface area contributed by atoms with Gasteiger partial charge in [-0.15, -0.1) is 9.24 Å². The lowest BCUT2D eigenvalue weighted by Gasteiger charge is -2.33. The Morgan fingerprint density at radius 2 is 1.94 bits per heavy atom. The Bertz CT molecular complexity index is 1240. The van der Waals surface area contributed by atoms with Crippen molar-refractivity contribution < 1.29 is 4.79 Å². The highest BCUT2D eigenvalue weighted by atomic mass is 31.0. The minimum absolute atomic E-state index is 0.140. The monoisotopic (exact) mass is 447 g/mol. The van der Waals surface area contributed by atoms with E-state index in [1.807, 2.05) is 17.0 Å². The molecule has 1 fully saturated rings. The summed E-state index contributed by atoms with van der Waals surface area (Å²) in [7, 11) is 2.75. The van der Waals surface area contributed by atoms with E-state index in [1.165, 1.54) is 5.31 Å². The van der Waals surface area contributed by atoms with Gasteiger partial charge in [-0.2, -0.15) is 10.2 Å². The summed E-state index contributed by atoms with van der Waals surface area (Å²) in [6, 6.07) is 6.14. The van der Waals surface area contributed by atoms with Crippen LogP contribution in [0.4, 0.5) is 0 Å². The number of piperazine rings is 1. The number of aromatic nitrogens is 5. The van der Waals surface area contributed by atoms with Crippen molar-refractivity contribution in [1.82, 2.24) is 35.2 Å². The number of carbonyl (C=O) groups excluding carboxylic acids is 1. The van der Waals surface area contributed by atoms with Gasteiger partial charge in [0, 0.05) is 44.1 Å². The Hall–Kier alpha value is -3.09. The van der Waals surface area contributed by atoms with E-state index in [9.17, 15) is 4.79 Å². The van der Waals surface area contributed by atoms with Crippen molar-refractivity contribution in [3.05, 3.63) is 59.3 Å². The van der Waals surface area contributed by atoms with Crippen LogP contribution in [0.1, 0.15) is 24.9 Å². The molecule has 1 unspecified atom stereocenters. The van der Waals surface area contributed by atoms with Crippen molar-refractivity contribution in [2.45, 2.75) is 19.9 Å². The lowest BCUT2D eigenvalue weighted by molar-refractivity contribution is -0.130. The number of aromatic amines is 2. The molecule has 3 aromatic rings.